The Morgan fingerprint density at radius 3 is 2.35 bits per heavy atom. The summed E-state index contributed by atoms with van der Waals surface area (Å²) in [7, 11) is 0. The third kappa shape index (κ3) is 4.12. The molecule has 3 aromatic rings. The third-order valence-electron chi connectivity index (χ3n) is 6.29. The molecule has 7 heteroatoms. The lowest BCUT2D eigenvalue weighted by molar-refractivity contribution is 0.0649. The van der Waals surface area contributed by atoms with E-state index in [4.69, 9.17) is 16.6 Å². The zero-order valence-electron chi connectivity index (χ0n) is 17.2. The minimum atomic E-state index is -0.154. The van der Waals surface area contributed by atoms with Crippen LogP contribution in [0, 0.1) is 0 Å². The summed E-state index contributed by atoms with van der Waals surface area (Å²) in [6.45, 7) is 3.63. The Kier molecular flexibility index (Phi) is 5.78. The van der Waals surface area contributed by atoms with Gasteiger partial charge >= 0.3 is 0 Å². The van der Waals surface area contributed by atoms with Crippen LogP contribution in [0.2, 0.25) is 5.02 Å². The summed E-state index contributed by atoms with van der Waals surface area (Å²) >= 11 is 7.88. The molecule has 0 atom stereocenters. The molecule has 31 heavy (non-hydrogen) atoms. The number of hydrogen-bond acceptors (Lipinski definition) is 5. The zero-order chi connectivity index (χ0) is 21.4. The molecule has 1 saturated heterocycles. The lowest BCUT2D eigenvalue weighted by Gasteiger charge is -2.31. The third-order valence-corrected chi connectivity index (χ3v) is 7.72. The van der Waals surface area contributed by atoms with Crippen LogP contribution in [0.4, 0.5) is 0 Å². The number of benzene rings is 2. The van der Waals surface area contributed by atoms with Gasteiger partial charge in [0.25, 0.3) is 11.8 Å². The summed E-state index contributed by atoms with van der Waals surface area (Å²) in [6.07, 6.45) is 4.06. The number of fused-ring (bicyclic) bond motifs is 2. The van der Waals surface area contributed by atoms with E-state index >= 15 is 0 Å². The van der Waals surface area contributed by atoms with Crippen LogP contribution in [0.25, 0.3) is 10.2 Å². The lowest BCUT2D eigenvalue weighted by atomic mass is 9.97. The Morgan fingerprint density at radius 1 is 0.968 bits per heavy atom. The van der Waals surface area contributed by atoms with Crippen LogP contribution in [-0.2, 0) is 0 Å². The van der Waals surface area contributed by atoms with Crippen molar-refractivity contribution in [3.05, 3.63) is 63.6 Å². The Balaban J connectivity index is 1.08. The molecular formula is C24H24ClN3O2S. The predicted octanol–water partition coefficient (Wildman–Crippen LogP) is 5.21. The van der Waals surface area contributed by atoms with Gasteiger partial charge in [0.15, 0.2) is 0 Å². The van der Waals surface area contributed by atoms with Crippen LogP contribution < -0.4 is 0 Å². The number of rotatable bonds is 6. The highest BCUT2D eigenvalue weighted by Crippen LogP contribution is 2.34. The molecule has 5 nitrogen and oxygen atoms in total. The van der Waals surface area contributed by atoms with E-state index in [-0.39, 0.29) is 11.8 Å². The molecule has 3 heterocycles. The van der Waals surface area contributed by atoms with E-state index in [1.54, 1.807) is 35.6 Å². The summed E-state index contributed by atoms with van der Waals surface area (Å²) < 4.78 is 1.20. The summed E-state index contributed by atoms with van der Waals surface area (Å²) in [5, 5.41) is 1.96. The van der Waals surface area contributed by atoms with E-state index in [0.29, 0.717) is 23.6 Å². The summed E-state index contributed by atoms with van der Waals surface area (Å²) in [4.78, 5) is 33.6. The van der Waals surface area contributed by atoms with Gasteiger partial charge in [0.1, 0.15) is 0 Å². The lowest BCUT2D eigenvalue weighted by Crippen LogP contribution is -2.34. The van der Waals surface area contributed by atoms with Crippen molar-refractivity contribution in [1.82, 2.24) is 14.8 Å². The molecule has 0 radical (unpaired) electrons. The van der Waals surface area contributed by atoms with E-state index < -0.39 is 0 Å². The molecule has 2 aromatic carbocycles. The molecule has 2 aliphatic heterocycles. The van der Waals surface area contributed by atoms with Crippen LogP contribution in [0.5, 0.6) is 0 Å². The Labute approximate surface area is 190 Å². The average Bonchev–Trinajstić information content (AvgIpc) is 3.31. The van der Waals surface area contributed by atoms with Crippen molar-refractivity contribution >= 4 is 45.0 Å². The number of likely N-dealkylation sites (tertiary alicyclic amines) is 1. The number of thiazole rings is 1. The van der Waals surface area contributed by atoms with Gasteiger partial charge in [-0.3, -0.25) is 14.5 Å². The normalized spacial score (nSPS) is 17.6. The van der Waals surface area contributed by atoms with Crippen molar-refractivity contribution in [1.29, 1.82) is 0 Å². The van der Waals surface area contributed by atoms with Crippen LogP contribution >= 0.6 is 22.9 Å². The highest BCUT2D eigenvalue weighted by molar-refractivity contribution is 7.18. The first-order valence-corrected chi connectivity index (χ1v) is 12.0. The smallest absolute Gasteiger partial charge is 0.261 e. The first kappa shape index (κ1) is 20.6. The number of hydrogen-bond donors (Lipinski definition) is 0. The minimum absolute atomic E-state index is 0.154. The average molecular weight is 454 g/mol. The quantitative estimate of drug-likeness (QED) is 0.380. The van der Waals surface area contributed by atoms with E-state index in [9.17, 15) is 9.59 Å². The van der Waals surface area contributed by atoms with Gasteiger partial charge in [0, 0.05) is 17.5 Å². The highest BCUT2D eigenvalue weighted by atomic mass is 35.5. The number of imide groups is 1. The summed E-state index contributed by atoms with van der Waals surface area (Å²) in [6, 6.07) is 13.0. The molecule has 1 aromatic heterocycles. The second-order valence-electron chi connectivity index (χ2n) is 8.29. The molecule has 1 fully saturated rings. The van der Waals surface area contributed by atoms with Gasteiger partial charge in [-0.25, -0.2) is 4.98 Å². The maximum atomic E-state index is 12.4. The molecule has 0 saturated carbocycles. The highest BCUT2D eigenvalue weighted by Gasteiger charge is 2.34. The van der Waals surface area contributed by atoms with E-state index in [2.05, 4.69) is 11.0 Å². The Hall–Kier alpha value is -2.28. The van der Waals surface area contributed by atoms with Crippen LogP contribution in [0.3, 0.4) is 0 Å². The van der Waals surface area contributed by atoms with E-state index in [1.807, 2.05) is 12.1 Å². The Morgan fingerprint density at radius 2 is 1.65 bits per heavy atom. The summed E-state index contributed by atoms with van der Waals surface area (Å²) in [5.41, 5.74) is 2.07. The first-order chi connectivity index (χ1) is 15.1. The SMILES string of the molecule is O=C1c2ccccc2C(=O)N1CCCCN1CCC(c2nc3cc(Cl)ccc3s2)CC1. The van der Waals surface area contributed by atoms with Gasteiger partial charge < -0.3 is 4.90 Å². The van der Waals surface area contributed by atoms with Crippen molar-refractivity contribution in [2.45, 2.75) is 31.6 Å². The number of halogens is 1. The predicted molar refractivity (Wildman–Crippen MR) is 124 cm³/mol. The monoisotopic (exact) mass is 453 g/mol. The molecule has 0 bridgehead atoms. The van der Waals surface area contributed by atoms with Crippen molar-refractivity contribution < 1.29 is 9.59 Å². The maximum Gasteiger partial charge on any atom is 0.261 e. The summed E-state index contributed by atoms with van der Waals surface area (Å²) in [5.74, 6) is 0.211. The molecule has 0 N–H and O–H groups in total. The second-order valence-corrected chi connectivity index (χ2v) is 9.79. The topological polar surface area (TPSA) is 53.5 Å². The molecule has 5 rings (SSSR count). The fraction of sp³-hybridized carbons (Fsp3) is 0.375. The van der Waals surface area contributed by atoms with E-state index in [0.717, 1.165) is 55.9 Å². The molecule has 0 aliphatic carbocycles. The van der Waals surface area contributed by atoms with E-state index in [1.165, 1.54) is 14.6 Å². The van der Waals surface area contributed by atoms with Crippen molar-refractivity contribution in [3.63, 3.8) is 0 Å². The van der Waals surface area contributed by atoms with Crippen molar-refractivity contribution in [2.24, 2.45) is 0 Å². The van der Waals surface area contributed by atoms with Crippen molar-refractivity contribution in [2.75, 3.05) is 26.2 Å². The van der Waals surface area contributed by atoms with Crippen LogP contribution in [0.15, 0.2) is 42.5 Å². The van der Waals surface area contributed by atoms with Gasteiger partial charge in [-0.05, 0) is 75.6 Å². The molecule has 0 spiro atoms. The number of carbonyl (C=O) groups excluding carboxylic acids is 2. The number of piperidine rings is 1. The second kappa shape index (κ2) is 8.69. The molecule has 160 valence electrons. The van der Waals surface area contributed by atoms with Crippen molar-refractivity contribution in [3.8, 4) is 0 Å². The van der Waals surface area contributed by atoms with Gasteiger partial charge in [-0.15, -0.1) is 11.3 Å². The molecule has 2 aliphatic rings. The standard InChI is InChI=1S/C24H24ClN3O2S/c25-17-7-8-21-20(15-17)26-22(31-21)16-9-13-27(14-10-16)11-3-4-12-28-23(29)18-5-1-2-6-19(18)24(28)30/h1-2,5-8,15-16H,3-4,9-14H2. The van der Waals surface area contributed by atoms with Gasteiger partial charge in [-0.2, -0.15) is 0 Å². The number of amides is 2. The van der Waals surface area contributed by atoms with Crippen LogP contribution in [0.1, 0.15) is 57.3 Å². The Bertz CT molecular complexity index is 1100. The number of unbranched alkanes of at least 4 members (excludes halogenated alkanes) is 1. The minimum Gasteiger partial charge on any atom is -0.303 e. The number of nitrogens with zero attached hydrogens (tertiary/aromatic N) is 3. The van der Waals surface area contributed by atoms with Gasteiger partial charge in [0.2, 0.25) is 0 Å². The van der Waals surface area contributed by atoms with Gasteiger partial charge in [-0.1, -0.05) is 23.7 Å². The number of carbonyl (C=O) groups is 2. The zero-order valence-corrected chi connectivity index (χ0v) is 18.8. The molecular weight excluding hydrogens is 430 g/mol. The number of aromatic nitrogens is 1. The maximum absolute atomic E-state index is 12.4. The molecule has 0 unspecified atom stereocenters. The van der Waals surface area contributed by atoms with Crippen LogP contribution in [-0.4, -0.2) is 52.8 Å². The fourth-order valence-corrected chi connectivity index (χ4v) is 5.83. The fourth-order valence-electron chi connectivity index (χ4n) is 4.54. The first-order valence-electron chi connectivity index (χ1n) is 10.8. The molecule has 2 amide bonds. The largest absolute Gasteiger partial charge is 0.303 e. The van der Waals surface area contributed by atoms with Gasteiger partial charge in [0.05, 0.1) is 26.4 Å².